The standard InChI is InChI=1S/C30H35ClN2O3S/c1-3-18-32-30(35)28(21-23-9-5-4-6-10-23)33(22-24-11-7-12-26(20-24)36-2)29(34)13-8-19-37-27-16-14-25(31)15-17-27/h4-7,9-12,14-17,20,28H,3,8,13,18-19,21-22H2,1-2H3,(H,32,35)/t28-/m0/s1. The Bertz CT molecular complexity index is 1130. The van der Waals surface area contributed by atoms with Crippen LogP contribution in [0.3, 0.4) is 0 Å². The predicted octanol–water partition coefficient (Wildman–Crippen LogP) is 6.39. The second-order valence-electron chi connectivity index (χ2n) is 8.78. The Balaban J connectivity index is 1.78. The molecule has 7 heteroatoms. The SMILES string of the molecule is CCCNC(=O)[C@H](Cc1ccccc1)N(Cc1cccc(OC)c1)C(=O)CCCSc1ccc(Cl)cc1. The number of thioether (sulfide) groups is 1. The molecular weight excluding hydrogens is 504 g/mol. The van der Waals surface area contributed by atoms with Gasteiger partial charge in [-0.2, -0.15) is 0 Å². The minimum Gasteiger partial charge on any atom is -0.497 e. The maximum absolute atomic E-state index is 13.7. The van der Waals surface area contributed by atoms with Gasteiger partial charge in [-0.3, -0.25) is 9.59 Å². The number of ether oxygens (including phenoxy) is 1. The van der Waals surface area contributed by atoms with Gasteiger partial charge < -0.3 is 15.0 Å². The first-order valence-electron chi connectivity index (χ1n) is 12.6. The van der Waals surface area contributed by atoms with Crippen LogP contribution in [0.2, 0.25) is 5.02 Å². The van der Waals surface area contributed by atoms with E-state index in [4.69, 9.17) is 16.3 Å². The molecule has 3 aromatic carbocycles. The van der Waals surface area contributed by atoms with Gasteiger partial charge in [-0.15, -0.1) is 11.8 Å². The fraction of sp³-hybridized carbons (Fsp3) is 0.333. The molecular formula is C30H35ClN2O3S. The highest BCUT2D eigenvalue weighted by molar-refractivity contribution is 7.99. The molecule has 1 N–H and O–H groups in total. The molecule has 5 nitrogen and oxygen atoms in total. The molecule has 196 valence electrons. The van der Waals surface area contributed by atoms with Crippen LogP contribution in [-0.4, -0.2) is 42.2 Å². The summed E-state index contributed by atoms with van der Waals surface area (Å²) >= 11 is 7.67. The number of carbonyl (C=O) groups is 2. The average molecular weight is 539 g/mol. The number of amides is 2. The number of hydrogen-bond donors (Lipinski definition) is 1. The van der Waals surface area contributed by atoms with Gasteiger partial charge in [-0.1, -0.05) is 61.0 Å². The molecule has 1 atom stereocenters. The van der Waals surface area contributed by atoms with Gasteiger partial charge in [0.25, 0.3) is 0 Å². The predicted molar refractivity (Wildman–Crippen MR) is 152 cm³/mol. The van der Waals surface area contributed by atoms with E-state index in [9.17, 15) is 9.59 Å². The Morgan fingerprint density at radius 2 is 1.73 bits per heavy atom. The van der Waals surface area contributed by atoms with Crippen molar-refractivity contribution in [2.75, 3.05) is 19.4 Å². The van der Waals surface area contributed by atoms with E-state index >= 15 is 0 Å². The van der Waals surface area contributed by atoms with Crippen LogP contribution in [0.5, 0.6) is 5.75 Å². The summed E-state index contributed by atoms with van der Waals surface area (Å²) in [6.45, 7) is 2.92. The van der Waals surface area contributed by atoms with Crippen molar-refractivity contribution in [2.24, 2.45) is 0 Å². The zero-order valence-electron chi connectivity index (χ0n) is 21.5. The Morgan fingerprint density at radius 3 is 2.43 bits per heavy atom. The lowest BCUT2D eigenvalue weighted by atomic mass is 10.0. The molecule has 37 heavy (non-hydrogen) atoms. The van der Waals surface area contributed by atoms with Crippen molar-refractivity contribution in [3.05, 3.63) is 95.0 Å². The number of halogens is 1. The molecule has 0 aliphatic rings. The molecule has 0 heterocycles. The van der Waals surface area contributed by atoms with Crippen LogP contribution in [0, 0.1) is 0 Å². The molecule has 0 spiro atoms. The fourth-order valence-electron chi connectivity index (χ4n) is 3.98. The van der Waals surface area contributed by atoms with E-state index in [1.807, 2.05) is 85.8 Å². The second kappa shape index (κ2) is 15.3. The van der Waals surface area contributed by atoms with Crippen LogP contribution in [0.1, 0.15) is 37.3 Å². The van der Waals surface area contributed by atoms with E-state index in [0.717, 1.165) is 33.9 Å². The van der Waals surface area contributed by atoms with E-state index in [1.165, 1.54) is 0 Å². The average Bonchev–Trinajstić information content (AvgIpc) is 2.93. The van der Waals surface area contributed by atoms with Crippen LogP contribution >= 0.6 is 23.4 Å². The first-order chi connectivity index (χ1) is 18.0. The molecule has 0 aromatic heterocycles. The number of nitrogens with one attached hydrogen (secondary N) is 1. The maximum atomic E-state index is 13.7. The quantitative estimate of drug-likeness (QED) is 0.191. The smallest absolute Gasteiger partial charge is 0.243 e. The van der Waals surface area contributed by atoms with Crippen molar-refractivity contribution < 1.29 is 14.3 Å². The molecule has 3 rings (SSSR count). The van der Waals surface area contributed by atoms with Crippen LogP contribution in [0.25, 0.3) is 0 Å². The summed E-state index contributed by atoms with van der Waals surface area (Å²) in [4.78, 5) is 29.9. The van der Waals surface area contributed by atoms with E-state index in [0.29, 0.717) is 37.4 Å². The normalized spacial score (nSPS) is 11.5. The highest BCUT2D eigenvalue weighted by Gasteiger charge is 2.30. The number of hydrogen-bond acceptors (Lipinski definition) is 4. The van der Waals surface area contributed by atoms with E-state index in [2.05, 4.69) is 5.32 Å². The molecule has 0 aliphatic heterocycles. The van der Waals surface area contributed by atoms with Crippen LogP contribution in [-0.2, 0) is 22.6 Å². The third-order valence-corrected chi connectivity index (χ3v) is 7.28. The highest BCUT2D eigenvalue weighted by Crippen LogP contribution is 2.23. The van der Waals surface area contributed by atoms with Crippen molar-refractivity contribution in [1.29, 1.82) is 0 Å². The molecule has 2 amide bonds. The minimum absolute atomic E-state index is 0.0351. The third-order valence-electron chi connectivity index (χ3n) is 5.92. The zero-order chi connectivity index (χ0) is 26.5. The monoisotopic (exact) mass is 538 g/mol. The van der Waals surface area contributed by atoms with Gasteiger partial charge in [0.05, 0.1) is 7.11 Å². The lowest BCUT2D eigenvalue weighted by Gasteiger charge is -2.31. The van der Waals surface area contributed by atoms with E-state index < -0.39 is 6.04 Å². The summed E-state index contributed by atoms with van der Waals surface area (Å²) in [6, 6.07) is 24.6. The number of rotatable bonds is 14. The van der Waals surface area contributed by atoms with Gasteiger partial charge in [0.2, 0.25) is 11.8 Å². The highest BCUT2D eigenvalue weighted by atomic mass is 35.5. The first-order valence-corrected chi connectivity index (χ1v) is 14.0. The largest absolute Gasteiger partial charge is 0.497 e. The van der Waals surface area contributed by atoms with Crippen molar-refractivity contribution in [2.45, 2.75) is 50.1 Å². The number of benzene rings is 3. The van der Waals surface area contributed by atoms with Crippen molar-refractivity contribution in [1.82, 2.24) is 10.2 Å². The summed E-state index contributed by atoms with van der Waals surface area (Å²) in [6.07, 6.45) is 2.34. The number of carbonyl (C=O) groups excluding carboxylic acids is 2. The fourth-order valence-corrected chi connectivity index (χ4v) is 4.95. The van der Waals surface area contributed by atoms with Crippen LogP contribution in [0.4, 0.5) is 0 Å². The van der Waals surface area contributed by atoms with Gasteiger partial charge >= 0.3 is 0 Å². The van der Waals surface area contributed by atoms with Crippen molar-refractivity contribution in [3.63, 3.8) is 0 Å². The Hall–Kier alpha value is -2.96. The van der Waals surface area contributed by atoms with Gasteiger partial charge in [0.15, 0.2) is 0 Å². The summed E-state index contributed by atoms with van der Waals surface area (Å²) in [5.41, 5.74) is 1.94. The molecule has 0 saturated heterocycles. The summed E-state index contributed by atoms with van der Waals surface area (Å²) in [5, 5.41) is 3.72. The Morgan fingerprint density at radius 1 is 1.00 bits per heavy atom. The van der Waals surface area contributed by atoms with Crippen molar-refractivity contribution >= 4 is 35.2 Å². The third kappa shape index (κ3) is 9.45. The van der Waals surface area contributed by atoms with Crippen molar-refractivity contribution in [3.8, 4) is 5.75 Å². The molecule has 0 bridgehead atoms. The van der Waals surface area contributed by atoms with Crippen LogP contribution in [0.15, 0.2) is 83.8 Å². The van der Waals surface area contributed by atoms with E-state index in [1.54, 1.807) is 23.8 Å². The molecule has 0 fully saturated rings. The summed E-state index contributed by atoms with van der Waals surface area (Å²) < 4.78 is 5.39. The van der Waals surface area contributed by atoms with Crippen LogP contribution < -0.4 is 10.1 Å². The van der Waals surface area contributed by atoms with Gasteiger partial charge in [-0.05, 0) is 66.1 Å². The minimum atomic E-state index is -0.614. The molecule has 0 radical (unpaired) electrons. The Labute approximate surface area is 229 Å². The number of nitrogens with zero attached hydrogens (tertiary/aromatic N) is 1. The molecule has 0 unspecified atom stereocenters. The number of methoxy groups -OCH3 is 1. The Kier molecular flexibility index (Phi) is 11.9. The molecule has 3 aromatic rings. The lowest BCUT2D eigenvalue weighted by molar-refractivity contribution is -0.141. The first kappa shape index (κ1) is 28.6. The second-order valence-corrected chi connectivity index (χ2v) is 10.4. The maximum Gasteiger partial charge on any atom is 0.243 e. The molecule has 0 aliphatic carbocycles. The topological polar surface area (TPSA) is 58.6 Å². The van der Waals surface area contributed by atoms with Gasteiger partial charge in [0.1, 0.15) is 11.8 Å². The van der Waals surface area contributed by atoms with E-state index in [-0.39, 0.29) is 11.8 Å². The summed E-state index contributed by atoms with van der Waals surface area (Å²) in [5.74, 6) is 1.36. The zero-order valence-corrected chi connectivity index (χ0v) is 23.1. The summed E-state index contributed by atoms with van der Waals surface area (Å²) in [7, 11) is 1.62. The van der Waals surface area contributed by atoms with Gasteiger partial charge in [-0.25, -0.2) is 0 Å². The lowest BCUT2D eigenvalue weighted by Crippen LogP contribution is -2.50. The van der Waals surface area contributed by atoms with Gasteiger partial charge in [0, 0.05) is 35.8 Å². The molecule has 0 saturated carbocycles.